The van der Waals surface area contributed by atoms with Gasteiger partial charge in [0.05, 0.1) is 0 Å². The molecular formula is C20H15NO. The number of hydrogen-bond acceptors (Lipinski definition) is 2. The highest BCUT2D eigenvalue weighted by atomic mass is 16.3. The molecular weight excluding hydrogens is 270 g/mol. The van der Waals surface area contributed by atoms with Crippen molar-refractivity contribution in [3.63, 3.8) is 0 Å². The fourth-order valence-electron chi connectivity index (χ4n) is 2.71. The number of aromatic nitrogens is 1. The summed E-state index contributed by atoms with van der Waals surface area (Å²) in [7, 11) is 0. The molecule has 0 radical (unpaired) electrons. The van der Waals surface area contributed by atoms with Gasteiger partial charge in [0.2, 0.25) is 5.89 Å². The van der Waals surface area contributed by atoms with Gasteiger partial charge in [0.1, 0.15) is 5.52 Å². The van der Waals surface area contributed by atoms with Crippen molar-refractivity contribution in [1.29, 1.82) is 0 Å². The van der Waals surface area contributed by atoms with Crippen molar-refractivity contribution in [1.82, 2.24) is 4.98 Å². The lowest BCUT2D eigenvalue weighted by Gasteiger charge is -1.97. The van der Waals surface area contributed by atoms with E-state index in [0.29, 0.717) is 5.89 Å². The molecule has 1 heterocycles. The Morgan fingerprint density at radius 3 is 2.55 bits per heavy atom. The minimum absolute atomic E-state index is 0.665. The number of allylic oxidation sites excluding steroid dienone is 1. The fourth-order valence-corrected chi connectivity index (χ4v) is 2.71. The lowest BCUT2D eigenvalue weighted by molar-refractivity contribution is 0.623. The molecule has 0 fully saturated rings. The molecule has 3 aromatic carbocycles. The number of benzene rings is 3. The smallest absolute Gasteiger partial charge is 0.227 e. The molecule has 0 aliphatic rings. The predicted octanol–water partition coefficient (Wildman–Crippen LogP) is 5.68. The van der Waals surface area contributed by atoms with Gasteiger partial charge in [-0.05, 0) is 36.1 Å². The first kappa shape index (κ1) is 12.8. The van der Waals surface area contributed by atoms with Crippen molar-refractivity contribution < 1.29 is 4.42 Å². The van der Waals surface area contributed by atoms with E-state index in [4.69, 9.17) is 4.42 Å². The minimum Gasteiger partial charge on any atom is -0.435 e. The summed E-state index contributed by atoms with van der Waals surface area (Å²) in [5.41, 5.74) is 3.92. The van der Waals surface area contributed by atoms with Gasteiger partial charge in [-0.25, -0.2) is 4.98 Å². The zero-order valence-corrected chi connectivity index (χ0v) is 12.3. The first-order chi connectivity index (χ1) is 10.8. The van der Waals surface area contributed by atoms with Crippen LogP contribution in [0.2, 0.25) is 0 Å². The van der Waals surface area contributed by atoms with Crippen molar-refractivity contribution in [3.8, 4) is 11.5 Å². The summed E-state index contributed by atoms with van der Waals surface area (Å²) < 4.78 is 6.04. The summed E-state index contributed by atoms with van der Waals surface area (Å²) in [6, 6.07) is 20.5. The van der Waals surface area contributed by atoms with E-state index in [0.717, 1.165) is 22.0 Å². The van der Waals surface area contributed by atoms with Crippen LogP contribution in [0.5, 0.6) is 0 Å². The standard InChI is InChI=1S/C20H15NO/c1-2-5-14-8-10-16(11-9-14)20-21-18-13-12-15-6-3-4-7-17(15)19(18)22-20/h2-13H,1H3/b5-2+. The van der Waals surface area contributed by atoms with Gasteiger partial charge in [0.15, 0.2) is 5.58 Å². The van der Waals surface area contributed by atoms with Crippen molar-refractivity contribution in [2.24, 2.45) is 0 Å². The van der Waals surface area contributed by atoms with Crippen LogP contribution in [0.15, 0.2) is 71.2 Å². The summed E-state index contributed by atoms with van der Waals surface area (Å²) in [4.78, 5) is 4.62. The highest BCUT2D eigenvalue weighted by molar-refractivity contribution is 6.03. The Balaban J connectivity index is 1.87. The zero-order valence-electron chi connectivity index (χ0n) is 12.3. The van der Waals surface area contributed by atoms with E-state index in [-0.39, 0.29) is 0 Å². The molecule has 22 heavy (non-hydrogen) atoms. The van der Waals surface area contributed by atoms with Crippen LogP contribution >= 0.6 is 0 Å². The maximum Gasteiger partial charge on any atom is 0.227 e. The second-order valence-corrected chi connectivity index (χ2v) is 5.28. The summed E-state index contributed by atoms with van der Waals surface area (Å²) >= 11 is 0. The molecule has 0 saturated carbocycles. The number of fused-ring (bicyclic) bond motifs is 3. The third-order valence-electron chi connectivity index (χ3n) is 3.80. The molecule has 0 unspecified atom stereocenters. The topological polar surface area (TPSA) is 26.0 Å². The summed E-state index contributed by atoms with van der Waals surface area (Å²) in [6.07, 6.45) is 4.10. The average Bonchev–Trinajstić information content (AvgIpc) is 3.00. The van der Waals surface area contributed by atoms with E-state index < -0.39 is 0 Å². The number of nitrogens with zero attached hydrogens (tertiary/aromatic N) is 1. The van der Waals surface area contributed by atoms with E-state index in [1.54, 1.807) is 0 Å². The van der Waals surface area contributed by atoms with Gasteiger partial charge in [-0.3, -0.25) is 0 Å². The van der Waals surface area contributed by atoms with E-state index in [9.17, 15) is 0 Å². The second kappa shape index (κ2) is 5.15. The lowest BCUT2D eigenvalue weighted by Crippen LogP contribution is -1.77. The van der Waals surface area contributed by atoms with Crippen molar-refractivity contribution in [2.45, 2.75) is 6.92 Å². The maximum absolute atomic E-state index is 6.04. The second-order valence-electron chi connectivity index (χ2n) is 5.28. The molecule has 106 valence electrons. The molecule has 4 aromatic rings. The van der Waals surface area contributed by atoms with Crippen LogP contribution < -0.4 is 0 Å². The van der Waals surface area contributed by atoms with Gasteiger partial charge in [-0.15, -0.1) is 0 Å². The lowest BCUT2D eigenvalue weighted by atomic mass is 10.1. The number of rotatable bonds is 2. The maximum atomic E-state index is 6.04. The summed E-state index contributed by atoms with van der Waals surface area (Å²) in [5.74, 6) is 0.665. The Labute approximate surface area is 128 Å². The van der Waals surface area contributed by atoms with E-state index in [1.807, 2.05) is 43.3 Å². The number of oxazole rings is 1. The molecule has 1 aromatic heterocycles. The molecule has 0 spiro atoms. The predicted molar refractivity (Wildman–Crippen MR) is 91.7 cm³/mol. The largest absolute Gasteiger partial charge is 0.435 e. The van der Waals surface area contributed by atoms with Gasteiger partial charge >= 0.3 is 0 Å². The monoisotopic (exact) mass is 285 g/mol. The van der Waals surface area contributed by atoms with Gasteiger partial charge in [-0.2, -0.15) is 0 Å². The first-order valence-corrected chi connectivity index (χ1v) is 7.36. The van der Waals surface area contributed by atoms with E-state index >= 15 is 0 Å². The SMILES string of the molecule is C/C=C/c1ccc(-c2nc3ccc4ccccc4c3o2)cc1. The summed E-state index contributed by atoms with van der Waals surface area (Å²) in [5, 5.41) is 2.27. The van der Waals surface area contributed by atoms with Gasteiger partial charge in [0, 0.05) is 10.9 Å². The molecule has 2 nitrogen and oxygen atoms in total. The van der Waals surface area contributed by atoms with Crippen LogP contribution in [-0.4, -0.2) is 4.98 Å². The van der Waals surface area contributed by atoms with Crippen molar-refractivity contribution >= 4 is 27.9 Å². The molecule has 0 bridgehead atoms. The first-order valence-electron chi connectivity index (χ1n) is 7.36. The van der Waals surface area contributed by atoms with E-state index in [2.05, 4.69) is 41.4 Å². The highest BCUT2D eigenvalue weighted by Crippen LogP contribution is 2.30. The Bertz CT molecular complexity index is 978. The average molecular weight is 285 g/mol. The molecule has 0 N–H and O–H groups in total. The third kappa shape index (κ3) is 2.09. The van der Waals surface area contributed by atoms with Crippen LogP contribution in [0, 0.1) is 0 Å². The Hall–Kier alpha value is -2.87. The van der Waals surface area contributed by atoms with Gasteiger partial charge < -0.3 is 4.42 Å². The normalized spacial score (nSPS) is 11.7. The molecule has 2 heteroatoms. The van der Waals surface area contributed by atoms with Crippen LogP contribution in [0.1, 0.15) is 12.5 Å². The molecule has 0 amide bonds. The number of hydrogen-bond donors (Lipinski definition) is 0. The van der Waals surface area contributed by atoms with Crippen molar-refractivity contribution in [3.05, 3.63) is 72.3 Å². The Kier molecular flexibility index (Phi) is 3.01. The third-order valence-corrected chi connectivity index (χ3v) is 3.80. The Morgan fingerprint density at radius 2 is 1.73 bits per heavy atom. The zero-order chi connectivity index (χ0) is 14.9. The summed E-state index contributed by atoms with van der Waals surface area (Å²) in [6.45, 7) is 2.01. The van der Waals surface area contributed by atoms with Crippen molar-refractivity contribution in [2.75, 3.05) is 0 Å². The molecule has 0 aliphatic carbocycles. The van der Waals surface area contributed by atoms with Crippen LogP contribution in [0.25, 0.3) is 39.4 Å². The molecule has 4 rings (SSSR count). The van der Waals surface area contributed by atoms with Crippen LogP contribution in [-0.2, 0) is 0 Å². The highest BCUT2D eigenvalue weighted by Gasteiger charge is 2.10. The minimum atomic E-state index is 0.665. The Morgan fingerprint density at radius 1 is 0.909 bits per heavy atom. The van der Waals surface area contributed by atoms with Gasteiger partial charge in [0.25, 0.3) is 0 Å². The fraction of sp³-hybridized carbons (Fsp3) is 0.0500. The van der Waals surface area contributed by atoms with Crippen LogP contribution in [0.3, 0.4) is 0 Å². The molecule has 0 atom stereocenters. The molecule has 0 saturated heterocycles. The van der Waals surface area contributed by atoms with E-state index in [1.165, 1.54) is 10.9 Å². The quantitative estimate of drug-likeness (QED) is 0.473. The van der Waals surface area contributed by atoms with Gasteiger partial charge in [-0.1, -0.05) is 54.6 Å². The van der Waals surface area contributed by atoms with Crippen LogP contribution in [0.4, 0.5) is 0 Å². The molecule has 0 aliphatic heterocycles.